The third-order valence-electron chi connectivity index (χ3n) is 3.35. The van der Waals surface area contributed by atoms with Crippen molar-refractivity contribution in [2.24, 2.45) is 5.92 Å². The zero-order valence-electron chi connectivity index (χ0n) is 9.94. The number of hydrogen-bond donors (Lipinski definition) is 0. The van der Waals surface area contributed by atoms with Gasteiger partial charge in [0, 0.05) is 16.4 Å². The Morgan fingerprint density at radius 2 is 2.21 bits per heavy atom. The molecule has 1 aromatic carbocycles. The van der Waals surface area contributed by atoms with E-state index >= 15 is 0 Å². The first-order chi connectivity index (χ1) is 9.02. The second-order valence-corrected chi connectivity index (χ2v) is 5.25. The molecule has 2 aromatic rings. The van der Waals surface area contributed by atoms with Gasteiger partial charge in [-0.3, -0.25) is 9.59 Å². The molecule has 0 aliphatic carbocycles. The number of Topliss-reactive ketones (excluding diaryl/α,β-unsaturated/α-hetero) is 1. The number of esters is 1. The summed E-state index contributed by atoms with van der Waals surface area (Å²) in [5.74, 6) is -2.06. The topological polar surface area (TPSA) is 48.3 Å². The summed E-state index contributed by atoms with van der Waals surface area (Å²) < 4.78 is 20.3. The molecule has 0 saturated carbocycles. The molecule has 0 unspecified atom stereocenters. The van der Waals surface area contributed by atoms with Gasteiger partial charge < -0.3 is 9.30 Å². The van der Waals surface area contributed by atoms with Gasteiger partial charge in [0.1, 0.15) is 11.7 Å². The van der Waals surface area contributed by atoms with E-state index in [1.54, 1.807) is 10.6 Å². The maximum Gasteiger partial charge on any atom is 0.318 e. The Morgan fingerprint density at radius 1 is 1.47 bits per heavy atom. The molecule has 0 spiro atoms. The summed E-state index contributed by atoms with van der Waals surface area (Å²) in [4.78, 5) is 23.7. The van der Waals surface area contributed by atoms with Gasteiger partial charge in [-0.25, -0.2) is 4.39 Å². The van der Waals surface area contributed by atoms with E-state index in [0.29, 0.717) is 15.7 Å². The number of halogens is 2. The number of carbonyl (C=O) groups excluding carboxylic acids is 2. The lowest BCUT2D eigenvalue weighted by atomic mass is 10.1. The normalized spacial score (nSPS) is 17.8. The lowest BCUT2D eigenvalue weighted by Crippen LogP contribution is -2.22. The molecule has 2 heterocycles. The van der Waals surface area contributed by atoms with Crippen LogP contribution in [-0.4, -0.2) is 23.4 Å². The predicted octanol–water partition coefficient (Wildman–Crippen LogP) is 2.53. The molecule has 0 radical (unpaired) electrons. The Labute approximate surface area is 116 Å². The summed E-state index contributed by atoms with van der Waals surface area (Å²) in [6, 6.07) is 4.38. The lowest BCUT2D eigenvalue weighted by molar-refractivity contribution is -0.143. The van der Waals surface area contributed by atoms with Crippen LogP contribution < -0.4 is 0 Å². The number of hydrogen-bond acceptors (Lipinski definition) is 3. The molecule has 98 valence electrons. The van der Waals surface area contributed by atoms with Crippen LogP contribution in [0.25, 0.3) is 10.9 Å². The van der Waals surface area contributed by atoms with E-state index in [0.717, 1.165) is 5.39 Å². The van der Waals surface area contributed by atoms with Crippen molar-refractivity contribution in [1.29, 1.82) is 0 Å². The zero-order chi connectivity index (χ0) is 13.7. The van der Waals surface area contributed by atoms with Crippen molar-refractivity contribution in [2.75, 3.05) is 7.11 Å². The lowest BCUT2D eigenvalue weighted by Gasteiger charge is -2.06. The summed E-state index contributed by atoms with van der Waals surface area (Å²) in [5.41, 5.74) is 1.01. The zero-order valence-corrected chi connectivity index (χ0v) is 11.5. The molecular weight excluding hydrogens is 317 g/mol. The van der Waals surface area contributed by atoms with E-state index in [9.17, 15) is 14.0 Å². The number of ketones is 1. The fourth-order valence-corrected chi connectivity index (χ4v) is 2.99. The van der Waals surface area contributed by atoms with Gasteiger partial charge >= 0.3 is 5.97 Å². The highest BCUT2D eigenvalue weighted by Gasteiger charge is 2.38. The van der Waals surface area contributed by atoms with Crippen LogP contribution in [0.1, 0.15) is 10.5 Å². The number of rotatable bonds is 1. The van der Waals surface area contributed by atoms with E-state index in [1.165, 1.54) is 19.2 Å². The molecule has 3 rings (SSSR count). The Morgan fingerprint density at radius 3 is 2.89 bits per heavy atom. The SMILES string of the molecule is COC(=O)[C@H]1Cn2c(cc3c(Br)cc(F)cc32)C1=O. The number of fused-ring (bicyclic) bond motifs is 3. The van der Waals surface area contributed by atoms with Crippen LogP contribution in [0.5, 0.6) is 0 Å². The van der Waals surface area contributed by atoms with Crippen molar-refractivity contribution in [3.63, 3.8) is 0 Å². The molecule has 6 heteroatoms. The van der Waals surface area contributed by atoms with E-state index in [-0.39, 0.29) is 12.3 Å². The fraction of sp³-hybridized carbons (Fsp3) is 0.231. The van der Waals surface area contributed by atoms with Gasteiger partial charge in [0.05, 0.1) is 18.3 Å². The van der Waals surface area contributed by atoms with Crippen molar-refractivity contribution in [1.82, 2.24) is 4.57 Å². The van der Waals surface area contributed by atoms with Gasteiger partial charge in [0.15, 0.2) is 5.78 Å². The quantitative estimate of drug-likeness (QED) is 0.598. The predicted molar refractivity (Wildman–Crippen MR) is 69.4 cm³/mol. The Balaban J connectivity index is 2.18. The van der Waals surface area contributed by atoms with Crippen molar-refractivity contribution < 1.29 is 18.7 Å². The maximum atomic E-state index is 13.4. The van der Waals surface area contributed by atoms with Gasteiger partial charge in [0.25, 0.3) is 0 Å². The highest BCUT2D eigenvalue weighted by atomic mass is 79.9. The Bertz CT molecular complexity index is 722. The molecular formula is C13H9BrFNO3. The van der Waals surface area contributed by atoms with Crippen molar-refractivity contribution in [2.45, 2.75) is 6.54 Å². The van der Waals surface area contributed by atoms with Crippen LogP contribution >= 0.6 is 15.9 Å². The third kappa shape index (κ3) is 1.70. The minimum absolute atomic E-state index is 0.195. The van der Waals surface area contributed by atoms with Crippen LogP contribution in [0.4, 0.5) is 4.39 Å². The van der Waals surface area contributed by atoms with Crippen LogP contribution in [0.2, 0.25) is 0 Å². The second-order valence-electron chi connectivity index (χ2n) is 4.40. The number of ether oxygens (including phenoxy) is 1. The molecule has 1 aliphatic heterocycles. The minimum Gasteiger partial charge on any atom is -0.468 e. The largest absolute Gasteiger partial charge is 0.468 e. The molecule has 0 amide bonds. The standard InChI is InChI=1S/C13H9BrFNO3/c1-19-13(18)8-5-16-10-3-6(15)2-9(14)7(10)4-11(16)12(8)17/h2-4,8H,5H2,1H3/t8-/m0/s1. The fourth-order valence-electron chi connectivity index (χ4n) is 2.45. The van der Waals surface area contributed by atoms with Crippen molar-refractivity contribution in [3.8, 4) is 0 Å². The molecule has 19 heavy (non-hydrogen) atoms. The average Bonchev–Trinajstić information content (AvgIpc) is 2.87. The van der Waals surface area contributed by atoms with Gasteiger partial charge in [-0.15, -0.1) is 0 Å². The van der Waals surface area contributed by atoms with E-state index < -0.39 is 17.7 Å². The molecule has 1 aliphatic rings. The van der Waals surface area contributed by atoms with Gasteiger partial charge in [0.2, 0.25) is 0 Å². The van der Waals surface area contributed by atoms with Gasteiger partial charge in [-0.1, -0.05) is 0 Å². The third-order valence-corrected chi connectivity index (χ3v) is 4.01. The Hall–Kier alpha value is -1.69. The highest BCUT2D eigenvalue weighted by molar-refractivity contribution is 9.10. The summed E-state index contributed by atoms with van der Waals surface area (Å²) in [5, 5.41) is 0.757. The van der Waals surface area contributed by atoms with E-state index in [2.05, 4.69) is 20.7 Å². The van der Waals surface area contributed by atoms with Crippen molar-refractivity contribution >= 4 is 38.6 Å². The van der Waals surface area contributed by atoms with Crippen LogP contribution in [0.15, 0.2) is 22.7 Å². The monoisotopic (exact) mass is 325 g/mol. The first kappa shape index (κ1) is 12.3. The summed E-state index contributed by atoms with van der Waals surface area (Å²) in [6.07, 6.45) is 0. The Kier molecular flexibility index (Phi) is 2.70. The molecule has 4 nitrogen and oxygen atoms in total. The first-order valence-corrected chi connectivity index (χ1v) is 6.42. The molecule has 0 saturated heterocycles. The average molecular weight is 326 g/mol. The smallest absolute Gasteiger partial charge is 0.318 e. The second kappa shape index (κ2) is 4.16. The minimum atomic E-state index is -0.827. The molecule has 1 aromatic heterocycles. The van der Waals surface area contributed by atoms with Crippen LogP contribution in [0.3, 0.4) is 0 Å². The molecule has 0 bridgehead atoms. The number of nitrogens with zero attached hydrogens (tertiary/aromatic N) is 1. The summed E-state index contributed by atoms with van der Waals surface area (Å²) >= 11 is 3.27. The van der Waals surface area contributed by atoms with E-state index in [1.807, 2.05) is 0 Å². The summed E-state index contributed by atoms with van der Waals surface area (Å²) in [6.45, 7) is 0.195. The molecule has 1 atom stereocenters. The van der Waals surface area contributed by atoms with E-state index in [4.69, 9.17) is 0 Å². The van der Waals surface area contributed by atoms with Gasteiger partial charge in [-0.2, -0.15) is 0 Å². The number of aromatic nitrogens is 1. The number of benzene rings is 1. The van der Waals surface area contributed by atoms with Crippen LogP contribution in [-0.2, 0) is 16.1 Å². The van der Waals surface area contributed by atoms with Gasteiger partial charge in [-0.05, 0) is 34.1 Å². The molecule has 0 N–H and O–H groups in total. The summed E-state index contributed by atoms with van der Waals surface area (Å²) in [7, 11) is 1.25. The molecule has 0 fully saturated rings. The highest BCUT2D eigenvalue weighted by Crippen LogP contribution is 2.34. The number of carbonyl (C=O) groups is 2. The van der Waals surface area contributed by atoms with Crippen molar-refractivity contribution in [3.05, 3.63) is 34.2 Å². The first-order valence-electron chi connectivity index (χ1n) is 5.63. The maximum absolute atomic E-state index is 13.4. The number of methoxy groups -OCH3 is 1. The van der Waals surface area contributed by atoms with Crippen LogP contribution in [0, 0.1) is 11.7 Å².